The molecule has 1 atom stereocenters. The fourth-order valence-electron chi connectivity index (χ4n) is 2.68. The summed E-state index contributed by atoms with van der Waals surface area (Å²) < 4.78 is 0. The molecule has 1 N–H and O–H groups in total. The van der Waals surface area contributed by atoms with Gasteiger partial charge in [-0.3, -0.25) is 4.79 Å². The van der Waals surface area contributed by atoms with E-state index in [1.165, 1.54) is 0 Å². The van der Waals surface area contributed by atoms with Crippen LogP contribution in [0.15, 0.2) is 24.3 Å². The predicted octanol–water partition coefficient (Wildman–Crippen LogP) is 2.24. The van der Waals surface area contributed by atoms with Crippen LogP contribution in [0.4, 0.5) is 0 Å². The van der Waals surface area contributed by atoms with Gasteiger partial charge in [0.2, 0.25) is 0 Å². The first-order valence-corrected chi connectivity index (χ1v) is 6.63. The van der Waals surface area contributed by atoms with Crippen molar-refractivity contribution in [2.75, 3.05) is 13.2 Å². The van der Waals surface area contributed by atoms with Crippen LogP contribution in [-0.2, 0) is 6.42 Å². The highest BCUT2D eigenvalue weighted by atomic mass is 16.3. The fraction of sp³-hybridized carbons (Fsp3) is 0.533. The standard InChI is InChI=1S/C15H21NO2/c1-3-15(2,9-11-17)16-10-8-12-6-4-5-7-13(12)14(16)18/h4-7,17H,3,8-11H2,1-2H3. The molecule has 1 heterocycles. The highest BCUT2D eigenvalue weighted by Gasteiger charge is 2.36. The van der Waals surface area contributed by atoms with Crippen LogP contribution in [0.2, 0.25) is 0 Å². The van der Waals surface area contributed by atoms with E-state index in [4.69, 9.17) is 0 Å². The molecule has 2 rings (SSSR count). The van der Waals surface area contributed by atoms with E-state index >= 15 is 0 Å². The Bertz CT molecular complexity index is 444. The quantitative estimate of drug-likeness (QED) is 0.886. The van der Waals surface area contributed by atoms with Gasteiger partial charge < -0.3 is 10.0 Å². The van der Waals surface area contributed by atoms with Crippen molar-refractivity contribution in [2.45, 2.75) is 38.6 Å². The van der Waals surface area contributed by atoms with Gasteiger partial charge in [0.1, 0.15) is 0 Å². The summed E-state index contributed by atoms with van der Waals surface area (Å²) in [6, 6.07) is 7.82. The summed E-state index contributed by atoms with van der Waals surface area (Å²) in [7, 11) is 0. The SMILES string of the molecule is CCC(C)(CCO)N1CCc2ccccc2C1=O. The van der Waals surface area contributed by atoms with Crippen molar-refractivity contribution in [2.24, 2.45) is 0 Å². The van der Waals surface area contributed by atoms with Gasteiger partial charge in [0.15, 0.2) is 0 Å². The number of amides is 1. The second-order valence-electron chi connectivity index (χ2n) is 5.19. The van der Waals surface area contributed by atoms with Crippen LogP contribution in [0.3, 0.4) is 0 Å². The zero-order valence-electron chi connectivity index (χ0n) is 11.1. The maximum Gasteiger partial charge on any atom is 0.254 e. The van der Waals surface area contributed by atoms with Crippen molar-refractivity contribution < 1.29 is 9.90 Å². The number of rotatable bonds is 4. The number of hydrogen-bond acceptors (Lipinski definition) is 2. The molecule has 0 saturated heterocycles. The van der Waals surface area contributed by atoms with Crippen LogP contribution in [-0.4, -0.2) is 34.6 Å². The van der Waals surface area contributed by atoms with Gasteiger partial charge in [0, 0.05) is 24.3 Å². The van der Waals surface area contributed by atoms with Crippen LogP contribution in [0.5, 0.6) is 0 Å². The summed E-state index contributed by atoms with van der Waals surface area (Å²) >= 11 is 0. The molecule has 0 bridgehead atoms. The molecular weight excluding hydrogens is 226 g/mol. The molecule has 1 aliphatic heterocycles. The Kier molecular flexibility index (Phi) is 3.71. The minimum absolute atomic E-state index is 0.106. The Morgan fingerprint density at radius 2 is 2.11 bits per heavy atom. The Hall–Kier alpha value is -1.35. The molecular formula is C15H21NO2. The maximum absolute atomic E-state index is 12.5. The summed E-state index contributed by atoms with van der Waals surface area (Å²) in [5, 5.41) is 9.21. The first kappa shape index (κ1) is 13.1. The lowest BCUT2D eigenvalue weighted by molar-refractivity contribution is 0.0400. The number of hydrogen-bond donors (Lipinski definition) is 1. The number of carbonyl (C=O) groups is 1. The predicted molar refractivity (Wildman–Crippen MR) is 71.6 cm³/mol. The van der Waals surface area contributed by atoms with Crippen LogP contribution in [0, 0.1) is 0 Å². The van der Waals surface area contributed by atoms with Crippen molar-refractivity contribution in [3.05, 3.63) is 35.4 Å². The molecule has 1 aliphatic rings. The second-order valence-corrected chi connectivity index (χ2v) is 5.19. The lowest BCUT2D eigenvalue weighted by Crippen LogP contribution is -2.52. The van der Waals surface area contributed by atoms with Crippen molar-refractivity contribution in [3.63, 3.8) is 0 Å². The molecule has 0 radical (unpaired) electrons. The van der Waals surface area contributed by atoms with E-state index in [0.717, 1.165) is 30.5 Å². The van der Waals surface area contributed by atoms with Gasteiger partial charge in [0.25, 0.3) is 5.91 Å². The van der Waals surface area contributed by atoms with Crippen LogP contribution >= 0.6 is 0 Å². The van der Waals surface area contributed by atoms with Gasteiger partial charge in [-0.15, -0.1) is 0 Å². The highest BCUT2D eigenvalue weighted by molar-refractivity contribution is 5.97. The third kappa shape index (κ3) is 2.15. The molecule has 18 heavy (non-hydrogen) atoms. The summed E-state index contributed by atoms with van der Waals surface area (Å²) in [5.41, 5.74) is 1.72. The van der Waals surface area contributed by atoms with Gasteiger partial charge in [-0.05, 0) is 37.8 Å². The summed E-state index contributed by atoms with van der Waals surface area (Å²) in [6.45, 7) is 5.01. The number of nitrogens with zero attached hydrogens (tertiary/aromatic N) is 1. The zero-order chi connectivity index (χ0) is 13.2. The topological polar surface area (TPSA) is 40.5 Å². The number of aliphatic hydroxyl groups is 1. The zero-order valence-corrected chi connectivity index (χ0v) is 11.1. The third-order valence-corrected chi connectivity index (χ3v) is 4.16. The summed E-state index contributed by atoms with van der Waals surface area (Å²) in [6.07, 6.45) is 2.40. The van der Waals surface area contributed by atoms with E-state index in [1.54, 1.807) is 0 Å². The molecule has 3 heteroatoms. The van der Waals surface area contributed by atoms with Gasteiger partial charge in [-0.1, -0.05) is 25.1 Å². The van der Waals surface area contributed by atoms with Gasteiger partial charge >= 0.3 is 0 Å². The average Bonchev–Trinajstić information content (AvgIpc) is 2.39. The van der Waals surface area contributed by atoms with Crippen LogP contribution in [0.1, 0.15) is 42.6 Å². The van der Waals surface area contributed by atoms with Crippen molar-refractivity contribution >= 4 is 5.91 Å². The van der Waals surface area contributed by atoms with Crippen molar-refractivity contribution in [1.29, 1.82) is 0 Å². The van der Waals surface area contributed by atoms with Crippen LogP contribution < -0.4 is 0 Å². The molecule has 3 nitrogen and oxygen atoms in total. The van der Waals surface area contributed by atoms with Gasteiger partial charge in [0.05, 0.1) is 0 Å². The van der Waals surface area contributed by atoms with Gasteiger partial charge in [-0.25, -0.2) is 0 Å². The Labute approximate surface area is 108 Å². The minimum atomic E-state index is -0.237. The largest absolute Gasteiger partial charge is 0.396 e. The van der Waals surface area contributed by atoms with E-state index in [2.05, 4.69) is 13.8 Å². The fourth-order valence-corrected chi connectivity index (χ4v) is 2.68. The molecule has 0 saturated carbocycles. The Balaban J connectivity index is 2.31. The smallest absolute Gasteiger partial charge is 0.254 e. The lowest BCUT2D eigenvalue weighted by Gasteiger charge is -2.43. The molecule has 1 aromatic rings. The van der Waals surface area contributed by atoms with E-state index in [9.17, 15) is 9.90 Å². The molecule has 98 valence electrons. The lowest BCUT2D eigenvalue weighted by atomic mass is 9.88. The first-order valence-electron chi connectivity index (χ1n) is 6.63. The number of aliphatic hydroxyl groups excluding tert-OH is 1. The second kappa shape index (κ2) is 5.11. The normalized spacial score (nSPS) is 18.4. The van der Waals surface area contributed by atoms with E-state index in [0.29, 0.717) is 6.42 Å². The Morgan fingerprint density at radius 1 is 1.39 bits per heavy atom. The molecule has 0 fully saturated rings. The molecule has 1 amide bonds. The monoisotopic (exact) mass is 247 g/mol. The first-order chi connectivity index (χ1) is 8.62. The third-order valence-electron chi connectivity index (χ3n) is 4.16. The van der Waals surface area contributed by atoms with Crippen molar-refractivity contribution in [1.82, 2.24) is 4.90 Å². The highest BCUT2D eigenvalue weighted by Crippen LogP contribution is 2.29. The Morgan fingerprint density at radius 3 is 2.78 bits per heavy atom. The molecule has 0 aliphatic carbocycles. The number of benzene rings is 1. The minimum Gasteiger partial charge on any atom is -0.396 e. The average molecular weight is 247 g/mol. The molecule has 0 aromatic heterocycles. The molecule has 0 spiro atoms. The number of fused-ring (bicyclic) bond motifs is 1. The summed E-state index contributed by atoms with van der Waals surface area (Å²) in [4.78, 5) is 14.5. The van der Waals surface area contributed by atoms with E-state index in [-0.39, 0.29) is 18.1 Å². The van der Waals surface area contributed by atoms with Crippen LogP contribution in [0.25, 0.3) is 0 Å². The van der Waals surface area contributed by atoms with E-state index < -0.39 is 0 Å². The molecule has 1 unspecified atom stereocenters. The maximum atomic E-state index is 12.5. The molecule has 1 aromatic carbocycles. The van der Waals surface area contributed by atoms with Gasteiger partial charge in [-0.2, -0.15) is 0 Å². The summed E-state index contributed by atoms with van der Waals surface area (Å²) in [5.74, 6) is 0.106. The van der Waals surface area contributed by atoms with Crippen molar-refractivity contribution in [3.8, 4) is 0 Å². The van der Waals surface area contributed by atoms with E-state index in [1.807, 2.05) is 29.2 Å². The number of carbonyl (C=O) groups excluding carboxylic acids is 1.